The van der Waals surface area contributed by atoms with E-state index in [0.29, 0.717) is 5.56 Å². The second-order valence-corrected chi connectivity index (χ2v) is 5.16. The molecule has 0 fully saturated rings. The van der Waals surface area contributed by atoms with Crippen molar-refractivity contribution in [3.63, 3.8) is 0 Å². The van der Waals surface area contributed by atoms with Gasteiger partial charge < -0.3 is 10.4 Å². The monoisotopic (exact) mass is 257 g/mol. The fraction of sp³-hybridized carbons (Fsp3) is 0.0714. The summed E-state index contributed by atoms with van der Waals surface area (Å²) >= 11 is 1.61. The van der Waals surface area contributed by atoms with E-state index in [1.807, 2.05) is 30.3 Å². The molecule has 1 heterocycles. The first kappa shape index (κ1) is 11.2. The maximum atomic E-state index is 11.0. The molecular formula is C14H11NO2S. The van der Waals surface area contributed by atoms with Gasteiger partial charge in [-0.15, -0.1) is 0 Å². The van der Waals surface area contributed by atoms with Crippen LogP contribution in [0.25, 0.3) is 0 Å². The van der Waals surface area contributed by atoms with Crippen LogP contribution in [0.5, 0.6) is 0 Å². The summed E-state index contributed by atoms with van der Waals surface area (Å²) in [5.74, 6) is -0.885. The quantitative estimate of drug-likeness (QED) is 0.821. The Labute approximate surface area is 109 Å². The van der Waals surface area contributed by atoms with Gasteiger partial charge in [-0.05, 0) is 29.8 Å². The normalized spacial score (nSPS) is 12.9. The Hall–Kier alpha value is -1.94. The maximum absolute atomic E-state index is 11.0. The van der Waals surface area contributed by atoms with Gasteiger partial charge in [0.25, 0.3) is 0 Å². The third-order valence-corrected chi connectivity index (χ3v) is 4.07. The Bertz CT molecular complexity index is 625. The molecule has 2 N–H and O–H groups in total. The molecule has 0 bridgehead atoms. The molecule has 90 valence electrons. The number of hydrogen-bond acceptors (Lipinski definition) is 3. The molecule has 0 aliphatic carbocycles. The molecule has 0 unspecified atom stereocenters. The minimum absolute atomic E-state index is 0.334. The Morgan fingerprint density at radius 1 is 1.17 bits per heavy atom. The molecule has 3 rings (SSSR count). The van der Waals surface area contributed by atoms with E-state index in [-0.39, 0.29) is 0 Å². The van der Waals surface area contributed by atoms with Gasteiger partial charge >= 0.3 is 5.97 Å². The number of hydrogen-bond donors (Lipinski definition) is 2. The third kappa shape index (κ3) is 1.95. The molecule has 0 aromatic heterocycles. The first-order valence-electron chi connectivity index (χ1n) is 5.61. The molecule has 0 atom stereocenters. The molecule has 0 amide bonds. The molecule has 3 nitrogen and oxygen atoms in total. The van der Waals surface area contributed by atoms with Crippen molar-refractivity contribution in [2.75, 3.05) is 5.32 Å². The Balaban J connectivity index is 2.07. The van der Waals surface area contributed by atoms with Crippen molar-refractivity contribution < 1.29 is 9.90 Å². The van der Waals surface area contributed by atoms with Crippen molar-refractivity contribution in [1.29, 1.82) is 0 Å². The summed E-state index contributed by atoms with van der Waals surface area (Å²) in [6, 6.07) is 13.3. The van der Waals surface area contributed by atoms with Crippen molar-refractivity contribution in [3.05, 3.63) is 53.6 Å². The van der Waals surface area contributed by atoms with E-state index >= 15 is 0 Å². The number of aromatic carboxylic acids is 1. The van der Waals surface area contributed by atoms with E-state index in [2.05, 4.69) is 5.32 Å². The summed E-state index contributed by atoms with van der Waals surface area (Å²) in [4.78, 5) is 13.1. The summed E-state index contributed by atoms with van der Waals surface area (Å²) in [6.45, 7) is 0.721. The molecule has 0 saturated carbocycles. The van der Waals surface area contributed by atoms with Crippen molar-refractivity contribution in [1.82, 2.24) is 0 Å². The van der Waals surface area contributed by atoms with Gasteiger partial charge in [0.15, 0.2) is 0 Å². The number of carboxylic acid groups (broad SMARTS) is 1. The second kappa shape index (κ2) is 4.38. The number of fused-ring (bicyclic) bond motifs is 2. The van der Waals surface area contributed by atoms with Crippen LogP contribution in [0.3, 0.4) is 0 Å². The van der Waals surface area contributed by atoms with Gasteiger partial charge in [0.2, 0.25) is 0 Å². The highest BCUT2D eigenvalue weighted by Crippen LogP contribution is 2.38. The molecule has 0 saturated heterocycles. The zero-order chi connectivity index (χ0) is 12.5. The van der Waals surface area contributed by atoms with Crippen molar-refractivity contribution >= 4 is 23.4 Å². The van der Waals surface area contributed by atoms with Gasteiger partial charge in [-0.25, -0.2) is 4.79 Å². The van der Waals surface area contributed by atoms with Crippen LogP contribution in [0.1, 0.15) is 15.9 Å². The zero-order valence-electron chi connectivity index (χ0n) is 9.51. The van der Waals surface area contributed by atoms with Gasteiger partial charge in [-0.3, -0.25) is 0 Å². The van der Waals surface area contributed by atoms with E-state index in [9.17, 15) is 4.79 Å². The summed E-state index contributed by atoms with van der Waals surface area (Å²) in [5.41, 5.74) is 2.55. The Kier molecular flexibility index (Phi) is 2.72. The highest BCUT2D eigenvalue weighted by molar-refractivity contribution is 7.99. The fourth-order valence-electron chi connectivity index (χ4n) is 1.94. The third-order valence-electron chi connectivity index (χ3n) is 2.89. The van der Waals surface area contributed by atoms with Crippen LogP contribution in [0.2, 0.25) is 0 Å². The molecule has 1 aliphatic rings. The van der Waals surface area contributed by atoms with E-state index in [0.717, 1.165) is 27.6 Å². The number of carbonyl (C=O) groups is 1. The van der Waals surface area contributed by atoms with Crippen LogP contribution in [0, 0.1) is 0 Å². The highest BCUT2D eigenvalue weighted by Gasteiger charge is 2.14. The molecule has 18 heavy (non-hydrogen) atoms. The Morgan fingerprint density at radius 3 is 2.83 bits per heavy atom. The van der Waals surface area contributed by atoms with E-state index in [1.165, 1.54) is 0 Å². The average molecular weight is 257 g/mol. The molecular weight excluding hydrogens is 246 g/mol. The van der Waals surface area contributed by atoms with Gasteiger partial charge in [0.1, 0.15) is 0 Å². The van der Waals surface area contributed by atoms with Crippen molar-refractivity contribution in [2.24, 2.45) is 0 Å². The minimum atomic E-state index is -0.885. The minimum Gasteiger partial charge on any atom is -0.478 e. The average Bonchev–Trinajstić information content (AvgIpc) is 2.56. The molecule has 2 aromatic rings. The fourth-order valence-corrected chi connectivity index (χ4v) is 3.03. The van der Waals surface area contributed by atoms with Gasteiger partial charge in [-0.2, -0.15) is 0 Å². The van der Waals surface area contributed by atoms with Crippen molar-refractivity contribution in [3.8, 4) is 0 Å². The number of nitrogens with one attached hydrogen (secondary N) is 1. The van der Waals surface area contributed by atoms with Crippen LogP contribution in [0.15, 0.2) is 52.3 Å². The zero-order valence-corrected chi connectivity index (χ0v) is 10.3. The largest absolute Gasteiger partial charge is 0.478 e. The number of rotatable bonds is 1. The molecule has 4 heteroatoms. The highest BCUT2D eigenvalue weighted by atomic mass is 32.2. The summed E-state index contributed by atoms with van der Waals surface area (Å²) in [5, 5.41) is 12.4. The van der Waals surface area contributed by atoms with E-state index in [4.69, 9.17) is 5.11 Å². The maximum Gasteiger partial charge on any atom is 0.335 e. The first-order chi connectivity index (χ1) is 8.74. The van der Waals surface area contributed by atoms with E-state index in [1.54, 1.807) is 23.9 Å². The van der Waals surface area contributed by atoms with Crippen LogP contribution in [-0.2, 0) is 6.54 Å². The molecule has 0 spiro atoms. The smallest absolute Gasteiger partial charge is 0.335 e. The van der Waals surface area contributed by atoms with Gasteiger partial charge in [-0.1, -0.05) is 30.0 Å². The van der Waals surface area contributed by atoms with Crippen molar-refractivity contribution in [2.45, 2.75) is 16.3 Å². The second-order valence-electron chi connectivity index (χ2n) is 4.08. The number of anilines is 1. The summed E-state index contributed by atoms with van der Waals surface area (Å²) in [7, 11) is 0. The number of para-hydroxylation sites is 1. The predicted octanol–water partition coefficient (Wildman–Crippen LogP) is 3.46. The van der Waals surface area contributed by atoms with Crippen LogP contribution >= 0.6 is 11.8 Å². The van der Waals surface area contributed by atoms with Crippen LogP contribution < -0.4 is 5.32 Å². The molecule has 2 aromatic carbocycles. The van der Waals surface area contributed by atoms with Crippen LogP contribution in [0.4, 0.5) is 5.69 Å². The SMILES string of the molecule is O=C(O)c1ccc2c(c1)Sc1ccccc1NC2. The van der Waals surface area contributed by atoms with E-state index < -0.39 is 5.97 Å². The lowest BCUT2D eigenvalue weighted by atomic mass is 10.1. The van der Waals surface area contributed by atoms with Crippen LogP contribution in [-0.4, -0.2) is 11.1 Å². The molecule has 1 aliphatic heterocycles. The standard InChI is InChI=1S/C14H11NO2S/c16-14(17)9-5-6-10-8-15-11-3-1-2-4-12(11)18-13(10)7-9/h1-7,15H,8H2,(H,16,17). The first-order valence-corrected chi connectivity index (χ1v) is 6.42. The summed E-state index contributed by atoms with van der Waals surface area (Å²) in [6.07, 6.45) is 0. The topological polar surface area (TPSA) is 49.3 Å². The molecule has 0 radical (unpaired) electrons. The lowest BCUT2D eigenvalue weighted by molar-refractivity contribution is 0.0696. The predicted molar refractivity (Wildman–Crippen MR) is 71.3 cm³/mol. The van der Waals surface area contributed by atoms with Gasteiger partial charge in [0, 0.05) is 22.0 Å². The number of benzene rings is 2. The summed E-state index contributed by atoms with van der Waals surface area (Å²) < 4.78 is 0. The lowest BCUT2D eigenvalue weighted by Gasteiger charge is -2.05. The lowest BCUT2D eigenvalue weighted by Crippen LogP contribution is -2.01. The van der Waals surface area contributed by atoms with Gasteiger partial charge in [0.05, 0.1) is 5.56 Å². The Morgan fingerprint density at radius 2 is 2.00 bits per heavy atom. The number of carboxylic acids is 1.